The molecule has 0 aliphatic carbocycles. The van der Waals surface area contributed by atoms with E-state index >= 15 is 0 Å². The molecule has 0 radical (unpaired) electrons. The van der Waals surface area contributed by atoms with E-state index in [0.29, 0.717) is 22.4 Å². The highest BCUT2D eigenvalue weighted by molar-refractivity contribution is 7.98. The Morgan fingerprint density at radius 1 is 0.404 bits per heavy atom. The highest BCUT2D eigenvalue weighted by atomic mass is 32.2. The highest BCUT2D eigenvalue weighted by Crippen LogP contribution is 2.17. The molecule has 12 atom stereocenters. The Balaban J connectivity index is 1.97. The number of thioether (sulfide) groups is 1. The number of hydrogen-bond donors (Lipinski definition) is 21. The van der Waals surface area contributed by atoms with E-state index in [0.717, 1.165) is 0 Å². The number of carboxylic acid groups (broad SMARTS) is 1. The summed E-state index contributed by atoms with van der Waals surface area (Å²) >= 11 is 1.46. The van der Waals surface area contributed by atoms with E-state index in [9.17, 15) is 82.8 Å². The van der Waals surface area contributed by atoms with Gasteiger partial charge in [0.15, 0.2) is 11.9 Å². The zero-order chi connectivity index (χ0) is 81.4. The first kappa shape index (κ1) is 92.5. The number of nitrogens with two attached hydrogens (primary N) is 6. The summed E-state index contributed by atoms with van der Waals surface area (Å²) in [5.41, 5.74) is 35.0. The number of aliphatic hydroxyl groups is 2. The highest BCUT2D eigenvalue weighted by Gasteiger charge is 2.38. The molecule has 0 heterocycles. The molecule has 3 rings (SSSR count). The molecule has 0 saturated carbocycles. The maximum Gasteiger partial charge on any atom is 0.326 e. The van der Waals surface area contributed by atoms with Crippen LogP contribution in [0.1, 0.15) is 116 Å². The van der Waals surface area contributed by atoms with Gasteiger partial charge in [-0.3, -0.25) is 67.5 Å². The summed E-state index contributed by atoms with van der Waals surface area (Å²) in [4.78, 5) is 189. The van der Waals surface area contributed by atoms with Crippen molar-refractivity contribution >= 4 is 101 Å². The van der Waals surface area contributed by atoms with Crippen molar-refractivity contribution in [3.63, 3.8) is 0 Å². The van der Waals surface area contributed by atoms with Crippen LogP contribution in [0, 0.1) is 17.8 Å². The lowest BCUT2D eigenvalue weighted by molar-refractivity contribution is -0.142. The quantitative estimate of drug-likeness (QED) is 0.0146. The number of aliphatic imine (C=N–C) groups is 2. The molecule has 109 heavy (non-hydrogen) atoms. The average molecular weight is 1550 g/mol. The number of amides is 12. The predicted molar refractivity (Wildman–Crippen MR) is 408 cm³/mol. The Labute approximate surface area is 638 Å². The van der Waals surface area contributed by atoms with Gasteiger partial charge in [-0.25, -0.2) is 4.79 Å². The van der Waals surface area contributed by atoms with Gasteiger partial charge in [0.25, 0.3) is 0 Å². The third-order valence-electron chi connectivity index (χ3n) is 16.8. The Hall–Kier alpha value is -10.7. The summed E-state index contributed by atoms with van der Waals surface area (Å²) in [5, 5.41) is 69.2. The zero-order valence-corrected chi connectivity index (χ0v) is 63.4. The van der Waals surface area contributed by atoms with E-state index in [4.69, 9.17) is 34.4 Å². The van der Waals surface area contributed by atoms with Gasteiger partial charge in [-0.1, -0.05) is 114 Å². The molecule has 36 nitrogen and oxygen atoms in total. The molecule has 27 N–H and O–H groups in total. The fraction of sp³-hybridized carbons (Fsp3) is 0.542. The number of nitrogens with zero attached hydrogens (tertiary/aromatic N) is 2. The molecule has 602 valence electrons. The average Bonchev–Trinajstić information content (AvgIpc) is 0.849. The lowest BCUT2D eigenvalue weighted by atomic mass is 9.98. The van der Waals surface area contributed by atoms with Gasteiger partial charge >= 0.3 is 5.97 Å². The van der Waals surface area contributed by atoms with Crippen molar-refractivity contribution in [2.45, 2.75) is 191 Å². The summed E-state index contributed by atoms with van der Waals surface area (Å²) < 4.78 is 0. The van der Waals surface area contributed by atoms with Gasteiger partial charge in [0.05, 0.1) is 19.3 Å². The number of phenols is 1. The van der Waals surface area contributed by atoms with Gasteiger partial charge in [0.1, 0.15) is 72.2 Å². The van der Waals surface area contributed by atoms with E-state index < -0.39 is 181 Å². The van der Waals surface area contributed by atoms with Crippen molar-refractivity contribution in [2.24, 2.45) is 62.1 Å². The molecule has 3 aromatic rings. The molecule has 0 aromatic heterocycles. The van der Waals surface area contributed by atoms with Gasteiger partial charge < -0.3 is 113 Å². The second kappa shape index (κ2) is 48.6. The van der Waals surface area contributed by atoms with E-state index in [1.54, 1.807) is 102 Å². The van der Waals surface area contributed by atoms with E-state index in [2.05, 4.69) is 68.5 Å². The number of carboxylic acids is 1. The van der Waals surface area contributed by atoms with Crippen molar-refractivity contribution < 1.29 is 82.8 Å². The number of rotatable bonds is 50. The van der Waals surface area contributed by atoms with Crippen LogP contribution in [0.5, 0.6) is 5.75 Å². The monoisotopic (exact) mass is 1550 g/mol. The number of benzene rings is 3. The third-order valence-corrected chi connectivity index (χ3v) is 17.5. The molecule has 0 saturated heterocycles. The lowest BCUT2D eigenvalue weighted by Gasteiger charge is -2.29. The van der Waals surface area contributed by atoms with Crippen LogP contribution in [0.4, 0.5) is 0 Å². The minimum atomic E-state index is -1.88. The molecule has 0 bridgehead atoms. The number of carbonyl (C=O) groups is 13. The van der Waals surface area contributed by atoms with Crippen LogP contribution in [0.3, 0.4) is 0 Å². The minimum absolute atomic E-state index is 0.00728. The van der Waals surface area contributed by atoms with E-state index in [1.165, 1.54) is 36.0 Å². The van der Waals surface area contributed by atoms with Crippen LogP contribution in [-0.2, 0) is 81.6 Å². The van der Waals surface area contributed by atoms with Gasteiger partial charge in [-0.15, -0.1) is 0 Å². The van der Waals surface area contributed by atoms with Crippen molar-refractivity contribution in [3.05, 3.63) is 102 Å². The molecule has 0 aliphatic heterocycles. The normalized spacial score (nSPS) is 14.4. The van der Waals surface area contributed by atoms with Gasteiger partial charge in [0.2, 0.25) is 70.9 Å². The van der Waals surface area contributed by atoms with Gasteiger partial charge in [0, 0.05) is 38.8 Å². The lowest BCUT2D eigenvalue weighted by Crippen LogP contribution is -2.62. The Morgan fingerprint density at radius 3 is 1.11 bits per heavy atom. The van der Waals surface area contributed by atoms with E-state index in [-0.39, 0.29) is 107 Å². The fourth-order valence-electron chi connectivity index (χ4n) is 11.0. The minimum Gasteiger partial charge on any atom is -0.508 e. The number of phenolic OH excluding ortho intramolecular Hbond substituents is 1. The van der Waals surface area contributed by atoms with Crippen molar-refractivity contribution in [2.75, 3.05) is 38.3 Å². The first-order valence-corrected chi connectivity index (χ1v) is 37.2. The van der Waals surface area contributed by atoms with Crippen molar-refractivity contribution in [1.82, 2.24) is 58.5 Å². The van der Waals surface area contributed by atoms with Crippen LogP contribution < -0.4 is 92.9 Å². The van der Waals surface area contributed by atoms with Crippen LogP contribution in [0.2, 0.25) is 0 Å². The van der Waals surface area contributed by atoms with E-state index in [1.807, 2.05) is 6.26 Å². The van der Waals surface area contributed by atoms with Gasteiger partial charge in [-0.2, -0.15) is 11.8 Å². The maximum absolute atomic E-state index is 14.7. The number of aliphatic hydroxyl groups excluding tert-OH is 2. The van der Waals surface area contributed by atoms with Crippen molar-refractivity contribution in [3.8, 4) is 5.75 Å². The largest absolute Gasteiger partial charge is 0.508 e. The summed E-state index contributed by atoms with van der Waals surface area (Å²) in [6.07, 6.45) is 0.205. The van der Waals surface area contributed by atoms with Crippen LogP contribution in [0.15, 0.2) is 94.9 Å². The topological polar surface area (TPSA) is 616 Å². The molecule has 37 heteroatoms. The molecule has 12 amide bonds. The Morgan fingerprint density at radius 2 is 0.734 bits per heavy atom. The second-order valence-electron chi connectivity index (χ2n) is 27.3. The number of aliphatic carboxylic acids is 1. The number of aromatic hydroxyl groups is 1. The number of guanidine groups is 2. The predicted octanol–water partition coefficient (Wildman–Crippen LogP) is -3.98. The summed E-state index contributed by atoms with van der Waals surface area (Å²) in [5.74, 6) is -14.3. The molecule has 0 aliphatic rings. The molecule has 3 aromatic carbocycles. The zero-order valence-electron chi connectivity index (χ0n) is 62.6. The Kier molecular flexibility index (Phi) is 41.3. The first-order chi connectivity index (χ1) is 51.5. The number of carbonyl (C=O) groups excluding carboxylic acids is 12. The molecule has 0 fully saturated rings. The standard InChI is InChI=1S/C72H111N19O17S/c1-39(2)32-50(62(99)83-49(70(107)108)21-15-30-80-72(77)78)84-64(101)54(36-44-22-24-45(94)25-23-44)86-60(97)47(20-14-29-79-71(75)76)81-61(98)48(26-27-57(74)95)82-67(104)56(38-93)90-69(106)58(41(5)6)91-66(103)51(33-40(3)4)85-63(100)52(34-42-16-10-8-11-17-42)87-65(102)53(35-43-18-12-9-13-19-43)88-68(105)55(37-92)89-59(96)46(73)28-31-109-7/h8-13,16-19,22-25,39-41,46-56,58,92-94H,14-15,20-21,26-38,73H2,1-7H3,(H2,74,95)(H,81,98)(H,82,104)(H,83,99)(H,84,101)(H,85,100)(H,86,97)(H,87,102)(H,88,105)(H,89,96)(H,90,106)(H,91,103)(H,107,108)(H4,75,76,79)(H4,77,78,80)/t46-,47-,48-,49-,50-,51-,52-,53-,54-,55-,56-,58-/m0/s1. The number of hydrogen-bond acceptors (Lipinski definition) is 20. The molecule has 0 spiro atoms. The molecule has 0 unspecified atom stereocenters. The second-order valence-corrected chi connectivity index (χ2v) is 28.3. The van der Waals surface area contributed by atoms with Crippen LogP contribution in [0.25, 0.3) is 0 Å². The molecular formula is C72H111N19O17S. The summed E-state index contributed by atoms with van der Waals surface area (Å²) in [6.45, 7) is 8.06. The Bertz CT molecular complexity index is 3530. The summed E-state index contributed by atoms with van der Waals surface area (Å²) in [6, 6.07) is 4.69. The third kappa shape index (κ3) is 35.3. The maximum atomic E-state index is 14.7. The van der Waals surface area contributed by atoms with Crippen LogP contribution >= 0.6 is 11.8 Å². The number of primary amides is 1. The first-order valence-electron chi connectivity index (χ1n) is 35.8. The summed E-state index contributed by atoms with van der Waals surface area (Å²) in [7, 11) is 0. The van der Waals surface area contributed by atoms with Gasteiger partial charge in [-0.05, 0) is 110 Å². The SMILES string of the molecule is CSCC[C@H](N)C(=O)N[C@@H](CO)C(=O)N[C@@H](Cc1ccccc1)C(=O)N[C@@H](Cc1ccccc1)C(=O)N[C@@H](CC(C)C)C(=O)N[C@H](C(=O)N[C@@H](CO)C(=O)N[C@@H](CCC(N)=O)C(=O)N[C@@H](CCCN=C(N)N)C(=O)N[C@@H](Cc1ccc(O)cc1)C(=O)N[C@@H](CC(C)C)C(=O)N[C@@H](CCCN=C(N)N)C(=O)O)C(C)C. The van der Waals surface area contributed by atoms with Crippen LogP contribution in [-0.4, -0.2) is 220 Å². The fourth-order valence-corrected chi connectivity index (χ4v) is 11.5. The molecular weight excluding hydrogens is 1430 g/mol. The van der Waals surface area contributed by atoms with Crippen molar-refractivity contribution in [1.29, 1.82) is 0 Å². The smallest absolute Gasteiger partial charge is 0.326 e. The number of nitrogens with one attached hydrogen (secondary N) is 11.